The Balaban J connectivity index is 2.42. The zero-order chi connectivity index (χ0) is 10.8. The van der Waals surface area contributed by atoms with Crippen molar-refractivity contribution in [3.8, 4) is 0 Å². The van der Waals surface area contributed by atoms with Crippen LogP contribution in [0.3, 0.4) is 0 Å². The topological polar surface area (TPSA) is 37.3 Å². The van der Waals surface area contributed by atoms with E-state index < -0.39 is 5.97 Å². The van der Waals surface area contributed by atoms with E-state index in [1.165, 1.54) is 17.5 Å². The summed E-state index contributed by atoms with van der Waals surface area (Å²) in [6, 6.07) is 5.99. The Hall–Kier alpha value is -1.57. The van der Waals surface area contributed by atoms with Crippen molar-refractivity contribution in [2.24, 2.45) is 0 Å². The van der Waals surface area contributed by atoms with Crippen molar-refractivity contribution in [1.82, 2.24) is 0 Å². The molecule has 0 unspecified atom stereocenters. The highest BCUT2D eigenvalue weighted by Crippen LogP contribution is 2.25. The number of carboxylic acid groups (broad SMARTS) is 1. The van der Waals surface area contributed by atoms with Crippen LogP contribution in [0.5, 0.6) is 0 Å². The molecular formula is C13H14O2. The second-order valence-corrected chi connectivity index (χ2v) is 3.84. The van der Waals surface area contributed by atoms with Crippen LogP contribution in [0.1, 0.15) is 30.0 Å². The molecule has 0 aliphatic heterocycles. The number of fused-ring (bicyclic) bond motifs is 1. The number of allylic oxidation sites excluding steroid dienone is 1. The standard InChI is InChI=1S/C13H14O2/c1-2-12(13(14)15)11-7-6-9-4-3-5-10(9)8-11/h2,6-8H,3-5H2,1H3,(H,14,15). The number of carbonyl (C=O) groups is 1. The summed E-state index contributed by atoms with van der Waals surface area (Å²) in [6.45, 7) is 1.76. The molecule has 0 amide bonds. The molecular weight excluding hydrogens is 188 g/mol. The first-order valence-corrected chi connectivity index (χ1v) is 5.24. The van der Waals surface area contributed by atoms with Gasteiger partial charge in [0.1, 0.15) is 0 Å². The van der Waals surface area contributed by atoms with E-state index in [9.17, 15) is 4.79 Å². The van der Waals surface area contributed by atoms with Crippen LogP contribution >= 0.6 is 0 Å². The number of hydrogen-bond donors (Lipinski definition) is 1. The number of aliphatic carboxylic acids is 1. The molecule has 0 aromatic heterocycles. The van der Waals surface area contributed by atoms with E-state index in [0.717, 1.165) is 18.4 Å². The zero-order valence-electron chi connectivity index (χ0n) is 8.79. The third-order valence-electron chi connectivity index (χ3n) is 2.93. The molecule has 1 aliphatic rings. The minimum atomic E-state index is -0.851. The van der Waals surface area contributed by atoms with Crippen LogP contribution in [0.4, 0.5) is 0 Å². The SMILES string of the molecule is CC=C(C(=O)O)c1ccc2c(c1)CCC2. The molecule has 0 atom stereocenters. The molecule has 1 aromatic rings. The summed E-state index contributed by atoms with van der Waals surface area (Å²) in [4.78, 5) is 11.0. The lowest BCUT2D eigenvalue weighted by Crippen LogP contribution is -2.00. The highest BCUT2D eigenvalue weighted by atomic mass is 16.4. The molecule has 2 rings (SSSR count). The predicted octanol–water partition coefficient (Wildman–Crippen LogP) is 2.66. The zero-order valence-corrected chi connectivity index (χ0v) is 8.79. The second-order valence-electron chi connectivity index (χ2n) is 3.84. The molecule has 0 radical (unpaired) electrons. The lowest BCUT2D eigenvalue weighted by Gasteiger charge is -2.05. The monoisotopic (exact) mass is 202 g/mol. The minimum absolute atomic E-state index is 0.393. The van der Waals surface area contributed by atoms with Gasteiger partial charge in [-0.15, -0.1) is 0 Å². The van der Waals surface area contributed by atoms with Crippen LogP contribution < -0.4 is 0 Å². The Bertz CT molecular complexity index is 430. The maximum atomic E-state index is 11.0. The van der Waals surface area contributed by atoms with Crippen LogP contribution in [0, 0.1) is 0 Å². The van der Waals surface area contributed by atoms with Crippen LogP contribution in [0.15, 0.2) is 24.3 Å². The van der Waals surface area contributed by atoms with Gasteiger partial charge in [0.2, 0.25) is 0 Å². The van der Waals surface area contributed by atoms with E-state index >= 15 is 0 Å². The fourth-order valence-electron chi connectivity index (χ4n) is 2.15. The van der Waals surface area contributed by atoms with E-state index in [0.29, 0.717) is 5.57 Å². The molecule has 0 fully saturated rings. The van der Waals surface area contributed by atoms with Gasteiger partial charge in [0.25, 0.3) is 0 Å². The first kappa shape index (κ1) is 9.97. The average molecular weight is 202 g/mol. The van der Waals surface area contributed by atoms with Crippen LogP contribution in [-0.2, 0) is 17.6 Å². The molecule has 1 aromatic carbocycles. The summed E-state index contributed by atoms with van der Waals surface area (Å²) in [7, 11) is 0. The highest BCUT2D eigenvalue weighted by molar-refractivity contribution is 6.15. The third-order valence-corrected chi connectivity index (χ3v) is 2.93. The van der Waals surface area contributed by atoms with Crippen LogP contribution in [0.25, 0.3) is 5.57 Å². The van der Waals surface area contributed by atoms with Gasteiger partial charge in [-0.3, -0.25) is 0 Å². The van der Waals surface area contributed by atoms with Crippen molar-refractivity contribution in [3.63, 3.8) is 0 Å². The van der Waals surface area contributed by atoms with Crippen molar-refractivity contribution in [1.29, 1.82) is 0 Å². The van der Waals surface area contributed by atoms with Gasteiger partial charge < -0.3 is 5.11 Å². The number of benzene rings is 1. The van der Waals surface area contributed by atoms with E-state index in [1.54, 1.807) is 13.0 Å². The second kappa shape index (κ2) is 3.89. The minimum Gasteiger partial charge on any atom is -0.478 e. The van der Waals surface area contributed by atoms with Crippen molar-refractivity contribution < 1.29 is 9.90 Å². The van der Waals surface area contributed by atoms with Gasteiger partial charge in [-0.05, 0) is 42.9 Å². The van der Waals surface area contributed by atoms with Crippen LogP contribution in [-0.4, -0.2) is 11.1 Å². The fraction of sp³-hybridized carbons (Fsp3) is 0.308. The van der Waals surface area contributed by atoms with Crippen molar-refractivity contribution in [2.75, 3.05) is 0 Å². The highest BCUT2D eigenvalue weighted by Gasteiger charge is 2.14. The first-order chi connectivity index (χ1) is 7.22. The summed E-state index contributed by atoms with van der Waals surface area (Å²) < 4.78 is 0. The maximum absolute atomic E-state index is 11.0. The Morgan fingerprint density at radius 3 is 2.73 bits per heavy atom. The number of rotatable bonds is 2. The van der Waals surface area contributed by atoms with E-state index in [2.05, 4.69) is 6.07 Å². The van der Waals surface area contributed by atoms with Crippen molar-refractivity contribution in [3.05, 3.63) is 41.0 Å². The summed E-state index contributed by atoms with van der Waals surface area (Å²) in [5.74, 6) is -0.851. The molecule has 1 aliphatic carbocycles. The molecule has 78 valence electrons. The molecule has 0 saturated carbocycles. The molecule has 15 heavy (non-hydrogen) atoms. The Morgan fingerprint density at radius 2 is 2.07 bits per heavy atom. The van der Waals surface area contributed by atoms with E-state index in [-0.39, 0.29) is 0 Å². The third kappa shape index (κ3) is 1.80. The number of aryl methyl sites for hydroxylation is 2. The fourth-order valence-corrected chi connectivity index (χ4v) is 2.15. The molecule has 0 bridgehead atoms. The smallest absolute Gasteiger partial charge is 0.335 e. The Kier molecular flexibility index (Phi) is 2.58. The van der Waals surface area contributed by atoms with Gasteiger partial charge in [-0.25, -0.2) is 4.79 Å². The predicted molar refractivity (Wildman–Crippen MR) is 59.8 cm³/mol. The van der Waals surface area contributed by atoms with Crippen molar-refractivity contribution >= 4 is 11.5 Å². The Morgan fingerprint density at radius 1 is 1.33 bits per heavy atom. The van der Waals surface area contributed by atoms with Gasteiger partial charge in [-0.2, -0.15) is 0 Å². The van der Waals surface area contributed by atoms with E-state index in [4.69, 9.17) is 5.11 Å². The number of hydrogen-bond acceptors (Lipinski definition) is 1. The lowest BCUT2D eigenvalue weighted by molar-refractivity contribution is -0.130. The van der Waals surface area contributed by atoms with Gasteiger partial charge in [0.15, 0.2) is 0 Å². The summed E-state index contributed by atoms with van der Waals surface area (Å²) >= 11 is 0. The number of carboxylic acids is 1. The summed E-state index contributed by atoms with van der Waals surface area (Å²) in [6.07, 6.45) is 5.06. The molecule has 0 spiro atoms. The molecule has 2 nitrogen and oxygen atoms in total. The molecule has 1 N–H and O–H groups in total. The summed E-state index contributed by atoms with van der Waals surface area (Å²) in [5.41, 5.74) is 3.91. The van der Waals surface area contributed by atoms with Gasteiger partial charge in [-0.1, -0.05) is 24.3 Å². The van der Waals surface area contributed by atoms with E-state index in [1.807, 2.05) is 12.1 Å². The molecule has 0 saturated heterocycles. The lowest BCUT2D eigenvalue weighted by atomic mass is 10.0. The quantitative estimate of drug-likeness (QED) is 0.748. The largest absolute Gasteiger partial charge is 0.478 e. The molecule has 0 heterocycles. The Labute approximate surface area is 89.2 Å². The summed E-state index contributed by atoms with van der Waals surface area (Å²) in [5, 5.41) is 9.01. The van der Waals surface area contributed by atoms with Gasteiger partial charge in [0.05, 0.1) is 5.57 Å². The average Bonchev–Trinajstić information content (AvgIpc) is 2.65. The molecule has 2 heteroatoms. The van der Waals surface area contributed by atoms with Crippen molar-refractivity contribution in [2.45, 2.75) is 26.2 Å². The normalized spacial score (nSPS) is 15.1. The van der Waals surface area contributed by atoms with Crippen LogP contribution in [0.2, 0.25) is 0 Å². The first-order valence-electron chi connectivity index (χ1n) is 5.24. The maximum Gasteiger partial charge on any atom is 0.335 e. The van der Waals surface area contributed by atoms with Gasteiger partial charge >= 0.3 is 5.97 Å². The van der Waals surface area contributed by atoms with Gasteiger partial charge in [0, 0.05) is 0 Å².